The van der Waals surface area contributed by atoms with Gasteiger partial charge in [0, 0.05) is 13.7 Å². The summed E-state index contributed by atoms with van der Waals surface area (Å²) >= 11 is 13.8. The second-order valence-corrected chi connectivity index (χ2v) is 5.53. The first-order chi connectivity index (χ1) is 9.17. The summed E-state index contributed by atoms with van der Waals surface area (Å²) < 4.78 is 11.4. The van der Waals surface area contributed by atoms with E-state index in [0.29, 0.717) is 41.1 Å². The molecule has 104 valence electrons. The largest absolute Gasteiger partial charge is 0.490 e. The number of hydrogen-bond acceptors (Lipinski definition) is 5. The number of benzene rings is 1. The minimum absolute atomic E-state index is 0.480. The van der Waals surface area contributed by atoms with E-state index in [1.165, 1.54) is 11.3 Å². The maximum atomic E-state index is 6.19. The molecule has 0 spiro atoms. The Morgan fingerprint density at radius 2 is 2.16 bits per heavy atom. The zero-order valence-electron chi connectivity index (χ0n) is 10.6. The van der Waals surface area contributed by atoms with Crippen LogP contribution in [0.3, 0.4) is 0 Å². The standard InChI is InChI=1S/C12H14Cl2N2O2S/c1-3-18-10-7(13)6-8(14)11-9(10)16-12(19-11)15-4-5-17-2/h6H,3-5H2,1-2H3,(H,15,16). The van der Waals surface area contributed by atoms with Gasteiger partial charge in [-0.15, -0.1) is 0 Å². The van der Waals surface area contributed by atoms with Crippen molar-refractivity contribution in [3.8, 4) is 5.75 Å². The molecule has 0 saturated heterocycles. The number of nitrogens with one attached hydrogen (secondary N) is 1. The Hall–Kier alpha value is -0.750. The molecule has 2 aromatic rings. The molecule has 1 aromatic heterocycles. The fourth-order valence-corrected chi connectivity index (χ4v) is 3.13. The lowest BCUT2D eigenvalue weighted by molar-refractivity contribution is 0.211. The van der Waals surface area contributed by atoms with Crippen LogP contribution >= 0.6 is 34.5 Å². The fraction of sp³-hybridized carbons (Fsp3) is 0.417. The van der Waals surface area contributed by atoms with Crippen molar-refractivity contribution >= 4 is 49.9 Å². The van der Waals surface area contributed by atoms with Crippen molar-refractivity contribution in [2.75, 3.05) is 32.2 Å². The lowest BCUT2D eigenvalue weighted by Crippen LogP contribution is -2.06. The van der Waals surface area contributed by atoms with E-state index in [4.69, 9.17) is 32.7 Å². The molecular formula is C12H14Cl2N2O2S. The van der Waals surface area contributed by atoms with E-state index in [9.17, 15) is 0 Å². The highest BCUT2D eigenvalue weighted by atomic mass is 35.5. The van der Waals surface area contributed by atoms with Gasteiger partial charge in [0.25, 0.3) is 0 Å². The lowest BCUT2D eigenvalue weighted by atomic mass is 10.3. The monoisotopic (exact) mass is 320 g/mol. The van der Waals surface area contributed by atoms with Crippen LogP contribution in [0.5, 0.6) is 5.75 Å². The van der Waals surface area contributed by atoms with Crippen LogP contribution in [0.1, 0.15) is 6.92 Å². The predicted octanol–water partition coefficient (Wildman–Crippen LogP) is 4.06. The van der Waals surface area contributed by atoms with Crippen molar-refractivity contribution in [2.45, 2.75) is 6.92 Å². The third kappa shape index (κ3) is 3.23. The van der Waals surface area contributed by atoms with Gasteiger partial charge < -0.3 is 14.8 Å². The third-order valence-electron chi connectivity index (χ3n) is 2.40. The molecule has 1 N–H and O–H groups in total. The van der Waals surface area contributed by atoms with Crippen molar-refractivity contribution in [1.82, 2.24) is 4.98 Å². The predicted molar refractivity (Wildman–Crippen MR) is 81.2 cm³/mol. The van der Waals surface area contributed by atoms with Crippen LogP contribution < -0.4 is 10.1 Å². The molecule has 19 heavy (non-hydrogen) atoms. The summed E-state index contributed by atoms with van der Waals surface area (Å²) in [6.07, 6.45) is 0. The van der Waals surface area contributed by atoms with Gasteiger partial charge in [0.1, 0.15) is 5.52 Å². The molecule has 0 aliphatic rings. The van der Waals surface area contributed by atoms with Crippen molar-refractivity contribution < 1.29 is 9.47 Å². The highest BCUT2D eigenvalue weighted by Gasteiger charge is 2.16. The molecule has 0 aliphatic heterocycles. The van der Waals surface area contributed by atoms with E-state index in [1.54, 1.807) is 13.2 Å². The number of rotatable bonds is 6. The van der Waals surface area contributed by atoms with Crippen molar-refractivity contribution in [3.05, 3.63) is 16.1 Å². The smallest absolute Gasteiger partial charge is 0.184 e. The van der Waals surface area contributed by atoms with Gasteiger partial charge in [0.15, 0.2) is 10.9 Å². The Labute approximate surface area is 125 Å². The van der Waals surface area contributed by atoms with Gasteiger partial charge in [-0.1, -0.05) is 34.5 Å². The topological polar surface area (TPSA) is 43.4 Å². The summed E-state index contributed by atoms with van der Waals surface area (Å²) in [5, 5.41) is 5.02. The first-order valence-electron chi connectivity index (χ1n) is 5.81. The molecule has 4 nitrogen and oxygen atoms in total. The van der Waals surface area contributed by atoms with E-state index < -0.39 is 0 Å². The van der Waals surface area contributed by atoms with Crippen molar-refractivity contribution in [2.24, 2.45) is 0 Å². The summed E-state index contributed by atoms with van der Waals surface area (Å²) in [6.45, 7) is 3.73. The highest BCUT2D eigenvalue weighted by Crippen LogP contribution is 2.42. The summed E-state index contributed by atoms with van der Waals surface area (Å²) in [6, 6.07) is 1.69. The number of anilines is 1. The summed E-state index contributed by atoms with van der Waals surface area (Å²) in [5.41, 5.74) is 0.698. The zero-order valence-corrected chi connectivity index (χ0v) is 13.0. The van der Waals surface area contributed by atoms with Crippen LogP contribution in [0, 0.1) is 0 Å². The number of halogens is 2. The van der Waals surface area contributed by atoms with Crippen LogP contribution in [-0.2, 0) is 4.74 Å². The number of methoxy groups -OCH3 is 1. The van der Waals surface area contributed by atoms with Crippen molar-refractivity contribution in [3.63, 3.8) is 0 Å². The quantitative estimate of drug-likeness (QED) is 0.815. The van der Waals surface area contributed by atoms with Gasteiger partial charge >= 0.3 is 0 Å². The van der Waals surface area contributed by atoms with E-state index in [2.05, 4.69) is 10.3 Å². The SMILES string of the molecule is CCOc1c(Cl)cc(Cl)c2sc(NCCOC)nc12. The van der Waals surface area contributed by atoms with E-state index >= 15 is 0 Å². The Kier molecular flexibility index (Phi) is 5.10. The molecule has 0 atom stereocenters. The average molecular weight is 321 g/mol. The number of fused-ring (bicyclic) bond motifs is 1. The molecule has 0 radical (unpaired) electrons. The number of hydrogen-bond donors (Lipinski definition) is 1. The lowest BCUT2D eigenvalue weighted by Gasteiger charge is -2.06. The van der Waals surface area contributed by atoms with Gasteiger partial charge in [-0.2, -0.15) is 0 Å². The minimum Gasteiger partial charge on any atom is -0.490 e. The molecule has 1 aromatic carbocycles. The van der Waals surface area contributed by atoms with Gasteiger partial charge in [0.05, 0.1) is 28.0 Å². The maximum absolute atomic E-state index is 6.19. The normalized spacial score (nSPS) is 10.9. The minimum atomic E-state index is 0.480. The van der Waals surface area contributed by atoms with E-state index in [0.717, 1.165) is 9.83 Å². The van der Waals surface area contributed by atoms with Crippen LogP contribution in [0.4, 0.5) is 5.13 Å². The summed E-state index contributed by atoms with van der Waals surface area (Å²) in [7, 11) is 1.66. The molecule has 1 heterocycles. The Balaban J connectivity index is 2.39. The Morgan fingerprint density at radius 1 is 1.37 bits per heavy atom. The molecule has 2 rings (SSSR count). The van der Waals surface area contributed by atoms with Crippen LogP contribution in [0.25, 0.3) is 10.2 Å². The molecule has 0 aliphatic carbocycles. The van der Waals surface area contributed by atoms with Gasteiger partial charge in [-0.3, -0.25) is 0 Å². The molecule has 0 saturated carbocycles. The summed E-state index contributed by atoms with van der Waals surface area (Å²) in [4.78, 5) is 4.48. The number of ether oxygens (including phenoxy) is 2. The number of nitrogens with zero attached hydrogens (tertiary/aromatic N) is 1. The summed E-state index contributed by atoms with van der Waals surface area (Å²) in [5.74, 6) is 0.583. The van der Waals surface area contributed by atoms with Crippen LogP contribution in [0.2, 0.25) is 10.0 Å². The fourth-order valence-electron chi connectivity index (χ4n) is 1.61. The van der Waals surface area contributed by atoms with Gasteiger partial charge in [-0.25, -0.2) is 4.98 Å². The second kappa shape index (κ2) is 6.61. The van der Waals surface area contributed by atoms with Crippen molar-refractivity contribution in [1.29, 1.82) is 0 Å². The first-order valence-corrected chi connectivity index (χ1v) is 7.38. The van der Waals surface area contributed by atoms with E-state index in [-0.39, 0.29) is 0 Å². The van der Waals surface area contributed by atoms with E-state index in [1.807, 2.05) is 6.92 Å². The number of thiazole rings is 1. The zero-order chi connectivity index (χ0) is 13.8. The van der Waals surface area contributed by atoms with Crippen LogP contribution in [-0.4, -0.2) is 31.9 Å². The molecule has 7 heteroatoms. The van der Waals surface area contributed by atoms with Gasteiger partial charge in [0.2, 0.25) is 0 Å². The molecule has 0 unspecified atom stereocenters. The van der Waals surface area contributed by atoms with Crippen LogP contribution in [0.15, 0.2) is 6.07 Å². The first kappa shape index (κ1) is 14.7. The maximum Gasteiger partial charge on any atom is 0.184 e. The number of aromatic nitrogens is 1. The molecule has 0 fully saturated rings. The second-order valence-electron chi connectivity index (χ2n) is 3.72. The van der Waals surface area contributed by atoms with Gasteiger partial charge in [-0.05, 0) is 13.0 Å². The molecular weight excluding hydrogens is 307 g/mol. The average Bonchev–Trinajstić information content (AvgIpc) is 2.79. The third-order valence-corrected chi connectivity index (χ3v) is 4.14. The molecule has 0 amide bonds. The highest BCUT2D eigenvalue weighted by molar-refractivity contribution is 7.22. The Morgan fingerprint density at radius 3 is 2.84 bits per heavy atom. The molecule has 0 bridgehead atoms. The Bertz CT molecular complexity index is 574.